The van der Waals surface area contributed by atoms with Gasteiger partial charge in [-0.1, -0.05) is 24.4 Å². The summed E-state index contributed by atoms with van der Waals surface area (Å²) in [6.45, 7) is 0. The lowest BCUT2D eigenvalue weighted by molar-refractivity contribution is 0.664. The van der Waals surface area contributed by atoms with Gasteiger partial charge in [0.1, 0.15) is 5.16 Å². The topological polar surface area (TPSA) is 15.3 Å². The van der Waals surface area contributed by atoms with Crippen LogP contribution >= 0.6 is 49.0 Å². The number of halogens is 1. The molecule has 1 N–H and O–H groups in total. The molecule has 0 amide bonds. The average molecular weight is 187 g/mol. The number of hydrazine groups is 1. The van der Waals surface area contributed by atoms with Gasteiger partial charge in [-0.3, -0.25) is 5.43 Å². The molecule has 0 fully saturated rings. The molecule has 0 aromatic carbocycles. The maximum Gasteiger partial charge on any atom is 0.139 e. The highest BCUT2D eigenvalue weighted by molar-refractivity contribution is 8.18. The predicted molar refractivity (Wildman–Crippen MR) is 43.4 cm³/mol. The minimum atomic E-state index is 0.522. The molecule has 6 heteroatoms. The molecule has 0 aliphatic carbocycles. The summed E-state index contributed by atoms with van der Waals surface area (Å²) in [6.07, 6.45) is 0. The molecule has 8 heavy (non-hydrogen) atoms. The van der Waals surface area contributed by atoms with Crippen LogP contribution in [0.3, 0.4) is 0 Å². The number of thiol groups is 2. The third-order valence-electron chi connectivity index (χ3n) is 0.555. The second-order valence-corrected chi connectivity index (χ2v) is 3.85. The van der Waals surface area contributed by atoms with Gasteiger partial charge in [-0.05, 0) is 0 Å². The number of nitrogens with one attached hydrogen (secondary N) is 1. The zero-order chi connectivity index (χ0) is 6.15. The minimum Gasteiger partial charge on any atom is -0.288 e. The van der Waals surface area contributed by atoms with E-state index in [0.717, 1.165) is 4.24 Å². The van der Waals surface area contributed by atoms with Crippen molar-refractivity contribution in [2.75, 3.05) is 0 Å². The summed E-state index contributed by atoms with van der Waals surface area (Å²) >= 11 is 14.8. The first-order valence-electron chi connectivity index (χ1n) is 1.72. The zero-order valence-electron chi connectivity index (χ0n) is 3.63. The van der Waals surface area contributed by atoms with Crippen molar-refractivity contribution in [3.8, 4) is 0 Å². The van der Waals surface area contributed by atoms with E-state index in [2.05, 4.69) is 30.9 Å². The fourth-order valence-electron chi connectivity index (χ4n) is 0.277. The molecule has 0 saturated heterocycles. The number of hydrogen-bond donors (Lipinski definition) is 3. The van der Waals surface area contributed by atoms with Crippen molar-refractivity contribution < 1.29 is 0 Å². The molecular weight excluding hydrogens is 184 g/mol. The smallest absolute Gasteiger partial charge is 0.139 e. The lowest BCUT2D eigenvalue weighted by atomic mass is 11.0. The molecule has 0 bridgehead atoms. The molecule has 46 valence electrons. The Hall–Kier alpha value is 0.840. The quantitative estimate of drug-likeness (QED) is 0.303. The van der Waals surface area contributed by atoms with Crippen LogP contribution in [0.1, 0.15) is 0 Å². The Balaban J connectivity index is 2.60. The normalized spacial score (nSPS) is 21.9. The van der Waals surface area contributed by atoms with Crippen molar-refractivity contribution in [3.05, 3.63) is 9.39 Å². The Morgan fingerprint density at radius 2 is 2.38 bits per heavy atom. The molecule has 0 aromatic rings. The summed E-state index contributed by atoms with van der Waals surface area (Å²) in [4.78, 5) is 0. The minimum absolute atomic E-state index is 0.522. The van der Waals surface area contributed by atoms with Crippen molar-refractivity contribution in [2.45, 2.75) is 0 Å². The van der Waals surface area contributed by atoms with Gasteiger partial charge in [-0.15, -0.1) is 16.4 Å². The largest absolute Gasteiger partial charge is 0.288 e. The Morgan fingerprint density at radius 1 is 1.75 bits per heavy atom. The average Bonchev–Trinajstić information content (AvgIpc) is 1.85. The lowest BCUT2D eigenvalue weighted by Gasteiger charge is -2.02. The molecule has 0 unspecified atom stereocenters. The molecule has 1 rings (SSSR count). The van der Waals surface area contributed by atoms with Gasteiger partial charge in [0, 0.05) is 11.9 Å². The second kappa shape index (κ2) is 2.62. The maximum atomic E-state index is 5.54. The summed E-state index contributed by atoms with van der Waals surface area (Å²) in [5, 5.41) is 0.522. The van der Waals surface area contributed by atoms with Gasteiger partial charge in [-0.25, -0.2) is 0 Å². The van der Waals surface area contributed by atoms with E-state index in [1.807, 2.05) is 0 Å². The van der Waals surface area contributed by atoms with E-state index in [4.69, 9.17) is 11.6 Å². The van der Waals surface area contributed by atoms with E-state index in [9.17, 15) is 0 Å². The number of nitrogens with zero attached hydrogens (tertiary/aromatic N) is 1. The summed E-state index contributed by atoms with van der Waals surface area (Å²) in [7, 11) is 0. The van der Waals surface area contributed by atoms with Crippen molar-refractivity contribution in [1.82, 2.24) is 9.25 Å². The van der Waals surface area contributed by atoms with Gasteiger partial charge in [0.15, 0.2) is 0 Å². The van der Waals surface area contributed by atoms with Gasteiger partial charge in [0.25, 0.3) is 0 Å². The standard InChI is InChI=1S/C2H3ClN2S3/c3-1-2(6)8-5(7)4-1/h4,6-7H. The number of rotatable bonds is 0. The van der Waals surface area contributed by atoms with E-state index < -0.39 is 0 Å². The SMILES string of the molecule is SC1=C(Cl)NN(S)S1. The predicted octanol–water partition coefficient (Wildman–Crippen LogP) is 1.59. The Morgan fingerprint density at radius 3 is 2.50 bits per heavy atom. The van der Waals surface area contributed by atoms with Gasteiger partial charge in [-0.2, -0.15) is 0 Å². The molecule has 0 saturated carbocycles. The van der Waals surface area contributed by atoms with Gasteiger partial charge in [0.05, 0.1) is 4.24 Å². The van der Waals surface area contributed by atoms with Crippen LogP contribution in [0.5, 0.6) is 0 Å². The van der Waals surface area contributed by atoms with Crippen LogP contribution in [0.2, 0.25) is 0 Å². The monoisotopic (exact) mass is 186 g/mol. The fraction of sp³-hybridized carbons (Fsp3) is 0. The summed E-state index contributed by atoms with van der Waals surface area (Å²) < 4.78 is 2.21. The van der Waals surface area contributed by atoms with Crippen LogP contribution in [-0.4, -0.2) is 3.82 Å². The van der Waals surface area contributed by atoms with Gasteiger partial charge in [0.2, 0.25) is 0 Å². The summed E-state index contributed by atoms with van der Waals surface area (Å²) in [6, 6.07) is 0. The molecule has 0 radical (unpaired) electrons. The van der Waals surface area contributed by atoms with Gasteiger partial charge < -0.3 is 0 Å². The van der Waals surface area contributed by atoms with Crippen LogP contribution in [-0.2, 0) is 0 Å². The molecular formula is C2H3ClN2S3. The molecule has 1 aliphatic rings. The van der Waals surface area contributed by atoms with Crippen molar-refractivity contribution in [2.24, 2.45) is 0 Å². The van der Waals surface area contributed by atoms with E-state index in [0.29, 0.717) is 5.16 Å². The molecule has 0 atom stereocenters. The molecule has 0 spiro atoms. The third kappa shape index (κ3) is 1.41. The van der Waals surface area contributed by atoms with Crippen molar-refractivity contribution in [3.63, 3.8) is 0 Å². The van der Waals surface area contributed by atoms with Crippen LogP contribution in [0.4, 0.5) is 0 Å². The van der Waals surface area contributed by atoms with Crippen LogP contribution in [0, 0.1) is 0 Å². The van der Waals surface area contributed by atoms with Crippen LogP contribution < -0.4 is 5.43 Å². The third-order valence-corrected chi connectivity index (χ3v) is 2.53. The lowest BCUT2D eigenvalue weighted by Crippen LogP contribution is -2.14. The Kier molecular flexibility index (Phi) is 2.27. The molecule has 1 heterocycles. The molecule has 2 nitrogen and oxygen atoms in total. The highest BCUT2D eigenvalue weighted by atomic mass is 35.5. The maximum absolute atomic E-state index is 5.54. The Labute approximate surface area is 67.7 Å². The van der Waals surface area contributed by atoms with Crippen LogP contribution in [0.15, 0.2) is 9.39 Å². The first kappa shape index (κ1) is 6.95. The van der Waals surface area contributed by atoms with Gasteiger partial charge >= 0.3 is 0 Å². The highest BCUT2D eigenvalue weighted by Crippen LogP contribution is 2.34. The second-order valence-electron chi connectivity index (χ2n) is 1.10. The van der Waals surface area contributed by atoms with Crippen LogP contribution in [0.25, 0.3) is 0 Å². The van der Waals surface area contributed by atoms with E-state index in [1.165, 1.54) is 15.8 Å². The molecule has 0 aromatic heterocycles. The highest BCUT2D eigenvalue weighted by Gasteiger charge is 2.14. The first-order valence-corrected chi connectivity index (χ1v) is 3.72. The van der Waals surface area contributed by atoms with E-state index in [-0.39, 0.29) is 0 Å². The first-order chi connectivity index (χ1) is 3.70. The molecule has 1 aliphatic heterocycles. The summed E-state index contributed by atoms with van der Waals surface area (Å²) in [5.41, 5.74) is 2.70. The van der Waals surface area contributed by atoms with E-state index in [1.54, 1.807) is 0 Å². The summed E-state index contributed by atoms with van der Waals surface area (Å²) in [5.74, 6) is 0. The van der Waals surface area contributed by atoms with E-state index >= 15 is 0 Å². The fourth-order valence-corrected chi connectivity index (χ4v) is 1.83. The number of hydrogen-bond acceptors (Lipinski definition) is 5. The zero-order valence-corrected chi connectivity index (χ0v) is 6.99. The van der Waals surface area contributed by atoms with Crippen molar-refractivity contribution in [1.29, 1.82) is 0 Å². The van der Waals surface area contributed by atoms with Crippen molar-refractivity contribution >= 4 is 49.0 Å². The Bertz CT molecular complexity index is 121.